The number of nitrogens with zero attached hydrogens (tertiary/aromatic N) is 1. The van der Waals surface area contributed by atoms with Crippen molar-refractivity contribution in [2.24, 2.45) is 17.8 Å². The Balaban J connectivity index is 1.23. The smallest absolute Gasteiger partial charge is 0.223 e. The maximum Gasteiger partial charge on any atom is 0.223 e. The van der Waals surface area contributed by atoms with Crippen molar-refractivity contribution in [3.63, 3.8) is 0 Å². The van der Waals surface area contributed by atoms with Crippen LogP contribution < -0.4 is 10.6 Å². The monoisotopic (exact) mass is 273 g/mol. The predicted octanol–water partition coefficient (Wildman–Crippen LogP) is 1.72. The number of rotatable bonds is 7. The summed E-state index contributed by atoms with van der Waals surface area (Å²) >= 11 is 0. The Bertz CT molecular complexity index is 438. The predicted molar refractivity (Wildman–Crippen MR) is 77.9 cm³/mol. The summed E-state index contributed by atoms with van der Waals surface area (Å²) in [6.45, 7) is 2.55. The van der Waals surface area contributed by atoms with Crippen LogP contribution in [-0.2, 0) is 11.3 Å². The van der Waals surface area contributed by atoms with Gasteiger partial charge >= 0.3 is 0 Å². The summed E-state index contributed by atoms with van der Waals surface area (Å²) in [6.07, 6.45) is 8.52. The summed E-state index contributed by atoms with van der Waals surface area (Å²) in [7, 11) is 0. The van der Waals surface area contributed by atoms with Gasteiger partial charge in [-0.1, -0.05) is 12.5 Å². The van der Waals surface area contributed by atoms with Crippen LogP contribution in [0.3, 0.4) is 0 Å². The van der Waals surface area contributed by atoms with Crippen LogP contribution in [0.25, 0.3) is 0 Å². The standard InChI is InChI=1S/C16H23N3O/c20-16(15-13-5-1-6-14(13)15)19-9-3-8-18-11-12-4-2-7-17-10-12/h2,4,7,10,13-15,18H,1,3,5-6,8-9,11H2,(H,19,20). The van der Waals surface area contributed by atoms with Crippen LogP contribution in [0.5, 0.6) is 0 Å². The number of fused-ring (bicyclic) bond motifs is 1. The van der Waals surface area contributed by atoms with Crippen molar-refractivity contribution in [1.29, 1.82) is 0 Å². The molecule has 2 aliphatic rings. The van der Waals surface area contributed by atoms with Crippen molar-refractivity contribution in [1.82, 2.24) is 15.6 Å². The van der Waals surface area contributed by atoms with E-state index in [1.807, 2.05) is 12.3 Å². The van der Waals surface area contributed by atoms with E-state index in [1.54, 1.807) is 6.20 Å². The van der Waals surface area contributed by atoms with Gasteiger partial charge in [-0.2, -0.15) is 0 Å². The van der Waals surface area contributed by atoms with Crippen molar-refractivity contribution < 1.29 is 4.79 Å². The minimum atomic E-state index is 0.298. The minimum absolute atomic E-state index is 0.298. The molecule has 1 heterocycles. The normalized spacial score (nSPS) is 27.1. The summed E-state index contributed by atoms with van der Waals surface area (Å²) in [5.74, 6) is 2.09. The number of aromatic nitrogens is 1. The lowest BCUT2D eigenvalue weighted by molar-refractivity contribution is -0.123. The Morgan fingerprint density at radius 2 is 2.15 bits per heavy atom. The fourth-order valence-corrected chi connectivity index (χ4v) is 3.49. The molecule has 2 fully saturated rings. The fourth-order valence-electron chi connectivity index (χ4n) is 3.49. The molecule has 2 aliphatic carbocycles. The summed E-state index contributed by atoms with van der Waals surface area (Å²) in [4.78, 5) is 16.0. The molecule has 0 aliphatic heterocycles. The van der Waals surface area contributed by atoms with Crippen LogP contribution >= 0.6 is 0 Å². The summed E-state index contributed by atoms with van der Waals surface area (Å²) in [5.41, 5.74) is 1.20. The van der Waals surface area contributed by atoms with E-state index in [4.69, 9.17) is 0 Å². The van der Waals surface area contributed by atoms with E-state index in [2.05, 4.69) is 21.7 Å². The van der Waals surface area contributed by atoms with E-state index in [1.165, 1.54) is 24.8 Å². The molecule has 3 rings (SSSR count). The van der Waals surface area contributed by atoms with Crippen molar-refractivity contribution in [2.75, 3.05) is 13.1 Å². The number of hydrogen-bond acceptors (Lipinski definition) is 3. The lowest BCUT2D eigenvalue weighted by Crippen LogP contribution is -2.29. The molecular weight excluding hydrogens is 250 g/mol. The van der Waals surface area contributed by atoms with E-state index < -0.39 is 0 Å². The Kier molecular flexibility index (Phi) is 4.31. The van der Waals surface area contributed by atoms with Crippen molar-refractivity contribution >= 4 is 5.91 Å². The van der Waals surface area contributed by atoms with Gasteiger partial charge in [-0.05, 0) is 49.3 Å². The molecule has 1 aromatic rings. The highest BCUT2D eigenvalue weighted by Gasteiger charge is 2.56. The van der Waals surface area contributed by atoms with Crippen LogP contribution in [-0.4, -0.2) is 24.0 Å². The SMILES string of the molecule is O=C(NCCCNCc1cccnc1)C1C2CCCC21. The first-order valence-electron chi connectivity index (χ1n) is 7.73. The molecule has 0 bridgehead atoms. The first-order chi connectivity index (χ1) is 9.86. The molecular formula is C16H23N3O. The van der Waals surface area contributed by atoms with Crippen LogP contribution in [0, 0.1) is 17.8 Å². The summed E-state index contributed by atoms with van der Waals surface area (Å²) in [5, 5.41) is 6.45. The number of carbonyl (C=O) groups excluding carboxylic acids is 1. The number of nitrogens with one attached hydrogen (secondary N) is 2. The second-order valence-corrected chi connectivity index (χ2v) is 5.97. The fraction of sp³-hybridized carbons (Fsp3) is 0.625. The molecule has 2 unspecified atom stereocenters. The molecule has 108 valence electrons. The second kappa shape index (κ2) is 6.35. The Hall–Kier alpha value is -1.42. The number of hydrogen-bond donors (Lipinski definition) is 2. The van der Waals surface area contributed by atoms with Gasteiger partial charge in [-0.15, -0.1) is 0 Å². The number of amides is 1. The third kappa shape index (κ3) is 3.18. The molecule has 0 spiro atoms. The largest absolute Gasteiger partial charge is 0.356 e. The third-order valence-corrected chi connectivity index (χ3v) is 4.59. The topological polar surface area (TPSA) is 54.0 Å². The third-order valence-electron chi connectivity index (χ3n) is 4.59. The lowest BCUT2D eigenvalue weighted by Gasteiger charge is -2.07. The van der Waals surface area contributed by atoms with Crippen molar-refractivity contribution in [3.8, 4) is 0 Å². The van der Waals surface area contributed by atoms with Gasteiger partial charge < -0.3 is 10.6 Å². The van der Waals surface area contributed by atoms with Gasteiger partial charge in [0.1, 0.15) is 0 Å². The van der Waals surface area contributed by atoms with Gasteiger partial charge in [0.2, 0.25) is 5.91 Å². The van der Waals surface area contributed by atoms with Gasteiger partial charge in [0, 0.05) is 31.4 Å². The molecule has 20 heavy (non-hydrogen) atoms. The van der Waals surface area contributed by atoms with E-state index in [-0.39, 0.29) is 0 Å². The Labute approximate surface area is 120 Å². The summed E-state index contributed by atoms with van der Waals surface area (Å²) in [6, 6.07) is 4.01. The van der Waals surface area contributed by atoms with Crippen LogP contribution in [0.4, 0.5) is 0 Å². The molecule has 0 aromatic carbocycles. The van der Waals surface area contributed by atoms with Crippen LogP contribution in [0.15, 0.2) is 24.5 Å². The minimum Gasteiger partial charge on any atom is -0.356 e. The number of pyridine rings is 1. The zero-order valence-corrected chi connectivity index (χ0v) is 11.8. The van der Waals surface area contributed by atoms with E-state index >= 15 is 0 Å². The molecule has 1 amide bonds. The Morgan fingerprint density at radius 1 is 1.30 bits per heavy atom. The number of carbonyl (C=O) groups is 1. The van der Waals surface area contributed by atoms with Gasteiger partial charge in [0.25, 0.3) is 0 Å². The molecule has 0 radical (unpaired) electrons. The zero-order valence-electron chi connectivity index (χ0n) is 11.8. The maximum absolute atomic E-state index is 11.9. The first kappa shape index (κ1) is 13.6. The van der Waals surface area contributed by atoms with Crippen LogP contribution in [0.2, 0.25) is 0 Å². The molecule has 2 atom stereocenters. The molecule has 0 saturated heterocycles. The van der Waals surface area contributed by atoms with Crippen molar-refractivity contribution in [3.05, 3.63) is 30.1 Å². The molecule has 2 N–H and O–H groups in total. The van der Waals surface area contributed by atoms with E-state index in [0.29, 0.717) is 11.8 Å². The summed E-state index contributed by atoms with van der Waals surface area (Å²) < 4.78 is 0. The second-order valence-electron chi connectivity index (χ2n) is 5.97. The van der Waals surface area contributed by atoms with Gasteiger partial charge in [-0.3, -0.25) is 9.78 Å². The molecule has 4 nitrogen and oxygen atoms in total. The quantitative estimate of drug-likeness (QED) is 0.744. The molecule has 1 aromatic heterocycles. The van der Waals surface area contributed by atoms with Gasteiger partial charge in [0.15, 0.2) is 0 Å². The van der Waals surface area contributed by atoms with Crippen LogP contribution in [0.1, 0.15) is 31.2 Å². The average molecular weight is 273 g/mol. The highest BCUT2D eigenvalue weighted by atomic mass is 16.2. The molecule has 2 saturated carbocycles. The molecule has 4 heteroatoms. The first-order valence-corrected chi connectivity index (χ1v) is 7.73. The van der Waals surface area contributed by atoms with Crippen molar-refractivity contribution in [2.45, 2.75) is 32.2 Å². The van der Waals surface area contributed by atoms with Gasteiger partial charge in [0.05, 0.1) is 0 Å². The highest BCUT2D eigenvalue weighted by Crippen LogP contribution is 2.57. The average Bonchev–Trinajstić information content (AvgIpc) is 2.97. The highest BCUT2D eigenvalue weighted by molar-refractivity contribution is 5.82. The maximum atomic E-state index is 11.9. The Morgan fingerprint density at radius 3 is 2.90 bits per heavy atom. The van der Waals surface area contributed by atoms with Gasteiger partial charge in [-0.25, -0.2) is 0 Å². The van der Waals surface area contributed by atoms with E-state index in [0.717, 1.165) is 37.9 Å². The zero-order chi connectivity index (χ0) is 13.8. The van der Waals surface area contributed by atoms with E-state index in [9.17, 15) is 4.79 Å². The lowest BCUT2D eigenvalue weighted by atomic mass is 10.1.